The first kappa shape index (κ1) is 14.6. The van der Waals surface area contributed by atoms with E-state index in [2.05, 4.69) is 10.2 Å². The van der Waals surface area contributed by atoms with Crippen molar-refractivity contribution in [2.24, 2.45) is 0 Å². The molecule has 0 radical (unpaired) electrons. The van der Waals surface area contributed by atoms with Gasteiger partial charge in [-0.05, 0) is 17.7 Å². The van der Waals surface area contributed by atoms with Crippen molar-refractivity contribution in [1.82, 2.24) is 10.2 Å². The number of morpholine rings is 1. The average molecular weight is 303 g/mol. The van der Waals surface area contributed by atoms with E-state index < -0.39 is 6.10 Å². The van der Waals surface area contributed by atoms with E-state index in [9.17, 15) is 4.79 Å². The molecule has 1 heterocycles. The lowest BCUT2D eigenvalue weighted by atomic mass is 10.2. The van der Waals surface area contributed by atoms with Crippen LogP contribution in [0.4, 0.5) is 0 Å². The van der Waals surface area contributed by atoms with Crippen LogP contribution in [0.2, 0.25) is 10.0 Å². The highest BCUT2D eigenvalue weighted by Gasteiger charge is 2.25. The van der Waals surface area contributed by atoms with E-state index in [4.69, 9.17) is 27.9 Å². The quantitative estimate of drug-likeness (QED) is 0.928. The van der Waals surface area contributed by atoms with E-state index in [0.717, 1.165) is 18.7 Å². The summed E-state index contributed by atoms with van der Waals surface area (Å²) in [6.07, 6.45) is -0.401. The molecule has 2 rings (SSSR count). The Labute approximate surface area is 122 Å². The van der Waals surface area contributed by atoms with Gasteiger partial charge in [-0.15, -0.1) is 0 Å². The minimum Gasteiger partial charge on any atom is -0.366 e. The Bertz CT molecular complexity index is 468. The Morgan fingerprint density at radius 2 is 2.26 bits per heavy atom. The van der Waals surface area contributed by atoms with Gasteiger partial charge >= 0.3 is 0 Å². The van der Waals surface area contributed by atoms with Crippen LogP contribution in [-0.4, -0.2) is 43.7 Å². The highest BCUT2D eigenvalue weighted by atomic mass is 35.5. The Hall–Kier alpha value is -0.810. The minimum atomic E-state index is -0.401. The molecule has 1 aromatic carbocycles. The number of likely N-dealkylation sites (N-methyl/N-ethyl adjacent to an activating group) is 1. The number of halogens is 2. The predicted molar refractivity (Wildman–Crippen MR) is 75.5 cm³/mol. The molecule has 4 nitrogen and oxygen atoms in total. The molecule has 6 heteroatoms. The summed E-state index contributed by atoms with van der Waals surface area (Å²) in [5.74, 6) is -0.0844. The van der Waals surface area contributed by atoms with Gasteiger partial charge in [-0.1, -0.05) is 29.3 Å². The van der Waals surface area contributed by atoms with Crippen LogP contribution >= 0.6 is 23.2 Å². The number of benzene rings is 1. The van der Waals surface area contributed by atoms with Gasteiger partial charge in [0.25, 0.3) is 0 Å². The van der Waals surface area contributed by atoms with Crippen LogP contribution in [-0.2, 0) is 16.1 Å². The van der Waals surface area contributed by atoms with Crippen LogP contribution in [0.3, 0.4) is 0 Å². The number of rotatable bonds is 3. The number of hydrogen-bond acceptors (Lipinski definition) is 3. The molecule has 1 aliphatic rings. The molecule has 1 unspecified atom stereocenters. The Morgan fingerprint density at radius 3 is 2.95 bits per heavy atom. The summed E-state index contributed by atoms with van der Waals surface area (Å²) < 4.78 is 5.44. The van der Waals surface area contributed by atoms with Crippen molar-refractivity contribution in [3.05, 3.63) is 33.8 Å². The molecule has 19 heavy (non-hydrogen) atoms. The molecule has 1 saturated heterocycles. The maximum Gasteiger partial charge on any atom is 0.250 e. The Morgan fingerprint density at radius 1 is 1.47 bits per heavy atom. The monoisotopic (exact) mass is 302 g/mol. The summed E-state index contributed by atoms with van der Waals surface area (Å²) in [5.41, 5.74) is 1.08. The summed E-state index contributed by atoms with van der Waals surface area (Å²) in [6.45, 7) is 2.67. The molecule has 0 spiro atoms. The SMILES string of the molecule is CNC(=O)C1CN(Cc2ccc(Cl)c(Cl)c2)CCO1. The van der Waals surface area contributed by atoms with Gasteiger partial charge in [0.05, 0.1) is 16.7 Å². The van der Waals surface area contributed by atoms with Crippen LogP contribution < -0.4 is 5.32 Å². The summed E-state index contributed by atoms with van der Waals surface area (Å²) in [4.78, 5) is 13.7. The van der Waals surface area contributed by atoms with Crippen molar-refractivity contribution < 1.29 is 9.53 Å². The third-order valence-corrected chi connectivity index (χ3v) is 3.82. The lowest BCUT2D eigenvalue weighted by Crippen LogP contribution is -2.48. The molecule has 104 valence electrons. The van der Waals surface area contributed by atoms with Gasteiger partial charge in [-0.25, -0.2) is 0 Å². The number of nitrogens with one attached hydrogen (secondary N) is 1. The standard InChI is InChI=1S/C13H16Cl2N2O2/c1-16-13(18)12-8-17(4-5-19-12)7-9-2-3-10(14)11(15)6-9/h2-3,6,12H,4-5,7-8H2,1H3,(H,16,18). The Kier molecular flexibility index (Phi) is 5.05. The van der Waals surface area contributed by atoms with Gasteiger partial charge in [-0.3, -0.25) is 9.69 Å². The Balaban J connectivity index is 1.98. The van der Waals surface area contributed by atoms with E-state index >= 15 is 0 Å². The summed E-state index contributed by atoms with van der Waals surface area (Å²) >= 11 is 11.9. The highest BCUT2D eigenvalue weighted by molar-refractivity contribution is 6.42. The molecule has 0 bridgehead atoms. The van der Waals surface area contributed by atoms with Crippen LogP contribution in [0.25, 0.3) is 0 Å². The average Bonchev–Trinajstić information content (AvgIpc) is 2.42. The van der Waals surface area contributed by atoms with Gasteiger partial charge in [0, 0.05) is 26.7 Å². The third kappa shape index (κ3) is 3.83. The van der Waals surface area contributed by atoms with Crippen molar-refractivity contribution in [3.63, 3.8) is 0 Å². The van der Waals surface area contributed by atoms with Gasteiger partial charge in [0.1, 0.15) is 6.10 Å². The van der Waals surface area contributed by atoms with E-state index in [-0.39, 0.29) is 5.91 Å². The number of hydrogen-bond donors (Lipinski definition) is 1. The molecular weight excluding hydrogens is 287 g/mol. The summed E-state index contributed by atoms with van der Waals surface area (Å²) in [5, 5.41) is 3.71. The number of ether oxygens (including phenoxy) is 1. The smallest absolute Gasteiger partial charge is 0.250 e. The second-order valence-corrected chi connectivity index (χ2v) is 5.27. The van der Waals surface area contributed by atoms with Crippen molar-refractivity contribution in [3.8, 4) is 0 Å². The van der Waals surface area contributed by atoms with E-state index in [1.54, 1.807) is 13.1 Å². The number of amides is 1. The van der Waals surface area contributed by atoms with E-state index in [0.29, 0.717) is 23.2 Å². The molecule has 1 atom stereocenters. The molecule has 0 aromatic heterocycles. The van der Waals surface area contributed by atoms with Crippen molar-refractivity contribution in [2.45, 2.75) is 12.6 Å². The zero-order valence-electron chi connectivity index (χ0n) is 10.7. The topological polar surface area (TPSA) is 41.6 Å². The van der Waals surface area contributed by atoms with Crippen LogP contribution in [0, 0.1) is 0 Å². The molecule has 0 saturated carbocycles. The minimum absolute atomic E-state index is 0.0844. The second kappa shape index (κ2) is 6.57. The third-order valence-electron chi connectivity index (χ3n) is 3.08. The first-order valence-electron chi connectivity index (χ1n) is 6.09. The van der Waals surface area contributed by atoms with Crippen molar-refractivity contribution >= 4 is 29.1 Å². The van der Waals surface area contributed by atoms with E-state index in [1.165, 1.54) is 0 Å². The fourth-order valence-corrected chi connectivity index (χ4v) is 2.38. The van der Waals surface area contributed by atoms with E-state index in [1.807, 2.05) is 12.1 Å². The largest absolute Gasteiger partial charge is 0.366 e. The maximum atomic E-state index is 11.6. The van der Waals surface area contributed by atoms with Gasteiger partial charge in [-0.2, -0.15) is 0 Å². The summed E-state index contributed by atoms with van der Waals surface area (Å²) in [7, 11) is 1.61. The first-order valence-corrected chi connectivity index (χ1v) is 6.85. The number of carbonyl (C=O) groups excluding carboxylic acids is 1. The van der Waals surface area contributed by atoms with Crippen LogP contribution in [0.5, 0.6) is 0 Å². The zero-order chi connectivity index (χ0) is 13.8. The van der Waals surface area contributed by atoms with Crippen LogP contribution in [0.1, 0.15) is 5.56 Å². The fourth-order valence-electron chi connectivity index (χ4n) is 2.06. The predicted octanol–water partition coefficient (Wildman–Crippen LogP) is 1.94. The summed E-state index contributed by atoms with van der Waals surface area (Å²) in [6, 6.07) is 5.59. The second-order valence-electron chi connectivity index (χ2n) is 4.46. The fraction of sp³-hybridized carbons (Fsp3) is 0.462. The molecule has 1 fully saturated rings. The zero-order valence-corrected chi connectivity index (χ0v) is 12.2. The van der Waals surface area contributed by atoms with Gasteiger partial charge in [0.15, 0.2) is 0 Å². The van der Waals surface area contributed by atoms with Crippen LogP contribution in [0.15, 0.2) is 18.2 Å². The lowest BCUT2D eigenvalue weighted by Gasteiger charge is -2.31. The molecule has 1 aliphatic heterocycles. The molecule has 1 aromatic rings. The van der Waals surface area contributed by atoms with Gasteiger partial charge in [0.2, 0.25) is 5.91 Å². The molecular formula is C13H16Cl2N2O2. The normalized spacial score (nSPS) is 20.3. The first-order chi connectivity index (χ1) is 9.10. The lowest BCUT2D eigenvalue weighted by molar-refractivity contribution is -0.138. The molecule has 1 N–H and O–H groups in total. The molecule has 1 amide bonds. The number of carbonyl (C=O) groups is 1. The maximum absolute atomic E-state index is 11.6. The van der Waals surface area contributed by atoms with Gasteiger partial charge < -0.3 is 10.1 Å². The number of nitrogens with zero attached hydrogens (tertiary/aromatic N) is 1. The van der Waals surface area contributed by atoms with Crippen molar-refractivity contribution in [2.75, 3.05) is 26.7 Å². The van der Waals surface area contributed by atoms with Crippen molar-refractivity contribution in [1.29, 1.82) is 0 Å². The highest BCUT2D eigenvalue weighted by Crippen LogP contribution is 2.23. The molecule has 0 aliphatic carbocycles.